The second-order valence-electron chi connectivity index (χ2n) is 5.89. The summed E-state index contributed by atoms with van der Waals surface area (Å²) in [5.41, 5.74) is 0. The third-order valence-corrected chi connectivity index (χ3v) is 5.94. The number of thioether (sulfide) groups is 1. The van der Waals surface area contributed by atoms with Crippen LogP contribution in [-0.4, -0.2) is 46.8 Å². The van der Waals surface area contributed by atoms with E-state index < -0.39 is 0 Å². The third-order valence-electron chi connectivity index (χ3n) is 4.37. The summed E-state index contributed by atoms with van der Waals surface area (Å²) in [6, 6.07) is -0.377. The molecule has 1 aliphatic rings. The average molecular weight is 300 g/mol. The first-order chi connectivity index (χ1) is 9.39. The molecule has 5 heteroatoms. The molecule has 1 N–H and O–H groups in total. The van der Waals surface area contributed by atoms with E-state index in [0.29, 0.717) is 13.0 Å². The maximum absolute atomic E-state index is 12.7. The van der Waals surface area contributed by atoms with Crippen molar-refractivity contribution >= 4 is 23.6 Å². The van der Waals surface area contributed by atoms with Gasteiger partial charge >= 0.3 is 0 Å². The lowest BCUT2D eigenvalue weighted by molar-refractivity contribution is -0.135. The van der Waals surface area contributed by atoms with Gasteiger partial charge in [0.05, 0.1) is 0 Å². The zero-order valence-electron chi connectivity index (χ0n) is 13.4. The van der Waals surface area contributed by atoms with Gasteiger partial charge in [-0.3, -0.25) is 9.59 Å². The smallest absolute Gasteiger partial charge is 0.245 e. The van der Waals surface area contributed by atoms with E-state index in [2.05, 4.69) is 25.4 Å². The molecule has 116 valence electrons. The molecule has 1 unspecified atom stereocenters. The molecule has 0 saturated carbocycles. The molecule has 4 nitrogen and oxygen atoms in total. The number of hydrogen-bond donors (Lipinski definition) is 1. The monoisotopic (exact) mass is 300 g/mol. The van der Waals surface area contributed by atoms with Crippen molar-refractivity contribution in [3.8, 4) is 0 Å². The number of nitrogens with one attached hydrogen (secondary N) is 1. The zero-order chi connectivity index (χ0) is 15.3. The minimum absolute atomic E-state index is 0.0118. The Balaban J connectivity index is 2.92. The van der Waals surface area contributed by atoms with Gasteiger partial charge in [-0.25, -0.2) is 0 Å². The third kappa shape index (κ3) is 3.90. The van der Waals surface area contributed by atoms with Gasteiger partial charge in [-0.1, -0.05) is 27.7 Å². The molecule has 2 amide bonds. The van der Waals surface area contributed by atoms with Crippen LogP contribution in [0.25, 0.3) is 0 Å². The number of amides is 2. The molecule has 20 heavy (non-hydrogen) atoms. The normalized spacial score (nSPS) is 21.1. The van der Waals surface area contributed by atoms with Gasteiger partial charge in [-0.15, -0.1) is 0 Å². The predicted molar refractivity (Wildman–Crippen MR) is 84.8 cm³/mol. The molecular formula is C15H28N2O2S. The summed E-state index contributed by atoms with van der Waals surface area (Å²) in [6.45, 7) is 9.58. The van der Waals surface area contributed by atoms with Gasteiger partial charge < -0.3 is 10.2 Å². The molecule has 1 fully saturated rings. The highest BCUT2D eigenvalue weighted by Crippen LogP contribution is 2.32. The van der Waals surface area contributed by atoms with Gasteiger partial charge in [0.15, 0.2) is 0 Å². The Kier molecular flexibility index (Phi) is 6.37. The molecular weight excluding hydrogens is 272 g/mol. The minimum Gasteiger partial charge on any atom is -0.344 e. The SMILES string of the molecule is CCC(CC)(CN1CCC(=O)NC(C(C)C)C1=O)SC. The Morgan fingerprint density at radius 3 is 2.40 bits per heavy atom. The lowest BCUT2D eigenvalue weighted by Gasteiger charge is -2.36. The fraction of sp³-hybridized carbons (Fsp3) is 0.867. The fourth-order valence-electron chi connectivity index (χ4n) is 2.63. The van der Waals surface area contributed by atoms with Gasteiger partial charge in [0.2, 0.25) is 11.8 Å². The molecule has 0 radical (unpaired) electrons. The van der Waals surface area contributed by atoms with E-state index in [0.717, 1.165) is 19.4 Å². The predicted octanol–water partition coefficient (Wildman–Crippen LogP) is 2.28. The fourth-order valence-corrected chi connectivity index (χ4v) is 3.50. The minimum atomic E-state index is -0.377. The topological polar surface area (TPSA) is 49.4 Å². The van der Waals surface area contributed by atoms with E-state index in [4.69, 9.17) is 0 Å². The van der Waals surface area contributed by atoms with Crippen LogP contribution >= 0.6 is 11.8 Å². The number of nitrogens with zero attached hydrogens (tertiary/aromatic N) is 1. The first kappa shape index (κ1) is 17.3. The highest BCUT2D eigenvalue weighted by molar-refractivity contribution is 8.00. The van der Waals surface area contributed by atoms with Crippen LogP contribution in [0, 0.1) is 5.92 Å². The highest BCUT2D eigenvalue weighted by atomic mass is 32.2. The van der Waals surface area contributed by atoms with E-state index in [1.54, 1.807) is 0 Å². The molecule has 0 aromatic carbocycles. The lowest BCUT2D eigenvalue weighted by Crippen LogP contribution is -2.51. The summed E-state index contributed by atoms with van der Waals surface area (Å²) >= 11 is 1.83. The second-order valence-corrected chi connectivity index (χ2v) is 7.17. The largest absolute Gasteiger partial charge is 0.344 e. The summed E-state index contributed by atoms with van der Waals surface area (Å²) in [7, 11) is 0. The maximum Gasteiger partial charge on any atom is 0.245 e. The molecule has 1 heterocycles. The summed E-state index contributed by atoms with van der Waals surface area (Å²) in [5, 5.41) is 2.86. The van der Waals surface area contributed by atoms with E-state index in [1.165, 1.54) is 0 Å². The van der Waals surface area contributed by atoms with Crippen molar-refractivity contribution in [3.05, 3.63) is 0 Å². The Morgan fingerprint density at radius 1 is 1.35 bits per heavy atom. The van der Waals surface area contributed by atoms with Crippen molar-refractivity contribution in [2.75, 3.05) is 19.3 Å². The molecule has 1 atom stereocenters. The van der Waals surface area contributed by atoms with Crippen molar-refractivity contribution in [2.45, 2.75) is 57.7 Å². The van der Waals surface area contributed by atoms with Crippen LogP contribution in [0.4, 0.5) is 0 Å². The van der Waals surface area contributed by atoms with Gasteiger partial charge in [0, 0.05) is 24.3 Å². The molecule has 0 aromatic heterocycles. The van der Waals surface area contributed by atoms with Crippen LogP contribution < -0.4 is 5.32 Å². The van der Waals surface area contributed by atoms with Crippen LogP contribution in [0.2, 0.25) is 0 Å². The summed E-state index contributed by atoms with van der Waals surface area (Å²) in [4.78, 5) is 26.3. The van der Waals surface area contributed by atoms with Crippen molar-refractivity contribution in [1.29, 1.82) is 0 Å². The number of rotatable bonds is 6. The highest BCUT2D eigenvalue weighted by Gasteiger charge is 2.36. The van der Waals surface area contributed by atoms with Crippen molar-refractivity contribution in [3.63, 3.8) is 0 Å². The van der Waals surface area contributed by atoms with E-state index in [9.17, 15) is 9.59 Å². The maximum atomic E-state index is 12.7. The van der Waals surface area contributed by atoms with Crippen LogP contribution in [0.3, 0.4) is 0 Å². The van der Waals surface area contributed by atoms with Crippen LogP contribution in [0.1, 0.15) is 47.0 Å². The quantitative estimate of drug-likeness (QED) is 0.819. The van der Waals surface area contributed by atoms with Crippen LogP contribution in [0.15, 0.2) is 0 Å². The van der Waals surface area contributed by atoms with Gasteiger partial charge in [-0.05, 0) is 25.0 Å². The molecule has 0 aromatic rings. The summed E-state index contributed by atoms with van der Waals surface area (Å²) in [6.07, 6.45) is 4.58. The van der Waals surface area contributed by atoms with Gasteiger partial charge in [0.25, 0.3) is 0 Å². The molecule has 1 rings (SSSR count). The average Bonchev–Trinajstić information content (AvgIpc) is 2.57. The van der Waals surface area contributed by atoms with Crippen molar-refractivity contribution in [2.24, 2.45) is 5.92 Å². The van der Waals surface area contributed by atoms with Gasteiger partial charge in [-0.2, -0.15) is 11.8 Å². The van der Waals surface area contributed by atoms with Crippen molar-refractivity contribution in [1.82, 2.24) is 10.2 Å². The molecule has 0 spiro atoms. The molecule has 0 bridgehead atoms. The molecule has 1 saturated heterocycles. The summed E-state index contributed by atoms with van der Waals surface area (Å²) < 4.78 is 0.102. The molecule has 0 aliphatic carbocycles. The summed E-state index contributed by atoms with van der Waals surface area (Å²) in [5.74, 6) is 0.187. The van der Waals surface area contributed by atoms with Crippen LogP contribution in [0.5, 0.6) is 0 Å². The Labute approximate surface area is 127 Å². The van der Waals surface area contributed by atoms with E-state index in [1.807, 2.05) is 30.5 Å². The Bertz CT molecular complexity index is 346. The Hall–Kier alpha value is -0.710. The number of carbonyl (C=O) groups is 2. The lowest BCUT2D eigenvalue weighted by atomic mass is 9.99. The zero-order valence-corrected chi connectivity index (χ0v) is 14.2. The second kappa shape index (κ2) is 7.34. The van der Waals surface area contributed by atoms with E-state index >= 15 is 0 Å². The first-order valence-electron chi connectivity index (χ1n) is 7.52. The standard InChI is InChI=1S/C15H28N2O2S/c1-6-15(7-2,20-5)10-17-9-8-12(18)16-13(11(3)4)14(17)19/h11,13H,6-10H2,1-5H3,(H,16,18). The van der Waals surface area contributed by atoms with Crippen LogP contribution in [-0.2, 0) is 9.59 Å². The van der Waals surface area contributed by atoms with E-state index in [-0.39, 0.29) is 28.5 Å². The Morgan fingerprint density at radius 2 is 1.95 bits per heavy atom. The van der Waals surface area contributed by atoms with Gasteiger partial charge in [0.1, 0.15) is 6.04 Å². The number of hydrogen-bond acceptors (Lipinski definition) is 3. The molecule has 1 aliphatic heterocycles. The number of carbonyl (C=O) groups excluding carboxylic acids is 2. The first-order valence-corrected chi connectivity index (χ1v) is 8.75. The van der Waals surface area contributed by atoms with Crippen molar-refractivity contribution < 1.29 is 9.59 Å².